The van der Waals surface area contributed by atoms with Gasteiger partial charge in [0.15, 0.2) is 5.16 Å². The fourth-order valence-electron chi connectivity index (χ4n) is 1.85. The molecular weight excluding hydrogens is 334 g/mol. The Morgan fingerprint density at radius 3 is 2.91 bits per heavy atom. The molecule has 2 rings (SSSR count). The van der Waals surface area contributed by atoms with Crippen LogP contribution in [0.4, 0.5) is 5.82 Å². The molecule has 0 spiro atoms. The van der Waals surface area contributed by atoms with Crippen LogP contribution in [-0.4, -0.2) is 21.6 Å². The van der Waals surface area contributed by atoms with Gasteiger partial charge < -0.3 is 11.1 Å². The first-order chi connectivity index (χ1) is 11.0. The van der Waals surface area contributed by atoms with Crippen molar-refractivity contribution in [2.75, 3.05) is 11.5 Å². The maximum Gasteiger partial charge on any atom is 0.230 e. The average Bonchev–Trinajstić information content (AvgIpc) is 2.53. The fourth-order valence-corrected chi connectivity index (χ4v) is 2.78. The zero-order valence-corrected chi connectivity index (χ0v) is 13.9. The number of carbonyl (C=O) groups is 1. The van der Waals surface area contributed by atoms with Gasteiger partial charge in [0.1, 0.15) is 17.5 Å². The van der Waals surface area contributed by atoms with Crippen LogP contribution >= 0.6 is 23.4 Å². The van der Waals surface area contributed by atoms with Gasteiger partial charge in [-0.05, 0) is 18.6 Å². The van der Waals surface area contributed by atoms with Crippen LogP contribution in [0, 0.1) is 11.3 Å². The zero-order chi connectivity index (χ0) is 16.8. The van der Waals surface area contributed by atoms with Crippen LogP contribution in [0.3, 0.4) is 0 Å². The lowest BCUT2D eigenvalue weighted by atomic mass is 10.1. The lowest BCUT2D eigenvalue weighted by Gasteiger charge is -2.15. The van der Waals surface area contributed by atoms with Crippen molar-refractivity contribution >= 4 is 35.1 Å². The summed E-state index contributed by atoms with van der Waals surface area (Å²) in [5, 5.41) is 12.6. The van der Waals surface area contributed by atoms with Crippen LogP contribution in [0.25, 0.3) is 0 Å². The lowest BCUT2D eigenvalue weighted by Crippen LogP contribution is -2.28. The van der Waals surface area contributed by atoms with Crippen LogP contribution in [0.15, 0.2) is 35.6 Å². The van der Waals surface area contributed by atoms with E-state index in [2.05, 4.69) is 15.3 Å². The second kappa shape index (κ2) is 7.81. The van der Waals surface area contributed by atoms with Gasteiger partial charge in [-0.1, -0.05) is 41.6 Å². The first-order valence-corrected chi connectivity index (χ1v) is 8.07. The van der Waals surface area contributed by atoms with Crippen molar-refractivity contribution in [2.24, 2.45) is 0 Å². The van der Waals surface area contributed by atoms with Gasteiger partial charge in [-0.15, -0.1) is 0 Å². The second-order valence-electron chi connectivity index (χ2n) is 4.66. The van der Waals surface area contributed by atoms with E-state index in [-0.39, 0.29) is 29.1 Å². The van der Waals surface area contributed by atoms with Crippen molar-refractivity contribution in [3.63, 3.8) is 0 Å². The zero-order valence-electron chi connectivity index (χ0n) is 12.3. The van der Waals surface area contributed by atoms with Crippen LogP contribution in [0.5, 0.6) is 0 Å². The molecule has 1 aromatic heterocycles. The summed E-state index contributed by atoms with van der Waals surface area (Å²) >= 11 is 7.25. The van der Waals surface area contributed by atoms with E-state index >= 15 is 0 Å². The van der Waals surface area contributed by atoms with Crippen molar-refractivity contribution in [1.29, 1.82) is 5.26 Å². The Balaban J connectivity index is 1.92. The number of rotatable bonds is 5. The van der Waals surface area contributed by atoms with Gasteiger partial charge in [0, 0.05) is 5.02 Å². The van der Waals surface area contributed by atoms with E-state index < -0.39 is 0 Å². The van der Waals surface area contributed by atoms with Crippen molar-refractivity contribution in [1.82, 2.24) is 15.3 Å². The number of anilines is 1. The molecule has 0 saturated carbocycles. The van der Waals surface area contributed by atoms with Crippen LogP contribution in [0.2, 0.25) is 5.02 Å². The molecule has 6 nitrogen and oxygen atoms in total. The average molecular weight is 348 g/mol. The quantitative estimate of drug-likeness (QED) is 0.636. The van der Waals surface area contributed by atoms with Gasteiger partial charge in [0.05, 0.1) is 18.0 Å². The highest BCUT2D eigenvalue weighted by Gasteiger charge is 2.13. The summed E-state index contributed by atoms with van der Waals surface area (Å²) < 4.78 is 0. The Hall–Kier alpha value is -2.30. The minimum Gasteiger partial charge on any atom is -0.382 e. The lowest BCUT2D eigenvalue weighted by molar-refractivity contribution is -0.119. The van der Waals surface area contributed by atoms with E-state index in [1.165, 1.54) is 6.20 Å². The molecule has 8 heteroatoms. The largest absolute Gasteiger partial charge is 0.382 e. The topological polar surface area (TPSA) is 105 Å². The maximum absolute atomic E-state index is 12.0. The Labute approximate surface area is 143 Å². The third-order valence-corrected chi connectivity index (χ3v) is 4.20. The summed E-state index contributed by atoms with van der Waals surface area (Å²) in [6, 6.07) is 9.03. The van der Waals surface area contributed by atoms with Crippen LogP contribution < -0.4 is 11.1 Å². The van der Waals surface area contributed by atoms with Gasteiger partial charge >= 0.3 is 0 Å². The Bertz CT molecular complexity index is 762. The molecule has 0 saturated heterocycles. The molecule has 0 aliphatic rings. The Morgan fingerprint density at radius 1 is 1.52 bits per heavy atom. The first kappa shape index (κ1) is 17.1. The summed E-state index contributed by atoms with van der Waals surface area (Å²) in [5.74, 6) is 0.0731. The van der Waals surface area contributed by atoms with E-state index in [1.54, 1.807) is 6.07 Å². The molecule has 1 aromatic carbocycles. The molecule has 0 aliphatic heterocycles. The van der Waals surface area contributed by atoms with Crippen molar-refractivity contribution in [2.45, 2.75) is 18.1 Å². The highest BCUT2D eigenvalue weighted by molar-refractivity contribution is 7.99. The minimum atomic E-state index is -0.205. The molecular formula is C15H14ClN5OS. The molecule has 118 valence electrons. The number of nitrogen functional groups attached to an aromatic ring is 1. The summed E-state index contributed by atoms with van der Waals surface area (Å²) in [4.78, 5) is 20.0. The summed E-state index contributed by atoms with van der Waals surface area (Å²) in [5.41, 5.74) is 6.68. The molecule has 0 aliphatic carbocycles. The number of benzene rings is 1. The SMILES string of the molecule is C[C@@H](NC(=O)CSc1ncc(C#N)c(N)n1)c1ccccc1Cl. The van der Waals surface area contributed by atoms with E-state index in [0.717, 1.165) is 17.3 Å². The number of nitrogens with two attached hydrogens (primary N) is 1. The van der Waals surface area contributed by atoms with E-state index in [1.807, 2.05) is 31.2 Å². The third-order valence-electron chi connectivity index (χ3n) is 3.00. The molecule has 1 amide bonds. The van der Waals surface area contributed by atoms with Crippen molar-refractivity contribution in [3.05, 3.63) is 46.6 Å². The molecule has 1 heterocycles. The first-order valence-electron chi connectivity index (χ1n) is 6.70. The molecule has 3 N–H and O–H groups in total. The van der Waals surface area contributed by atoms with E-state index in [4.69, 9.17) is 22.6 Å². The van der Waals surface area contributed by atoms with E-state index in [9.17, 15) is 4.79 Å². The van der Waals surface area contributed by atoms with Gasteiger partial charge in [0.2, 0.25) is 5.91 Å². The van der Waals surface area contributed by atoms with Gasteiger partial charge in [0.25, 0.3) is 0 Å². The number of nitriles is 1. The molecule has 0 unspecified atom stereocenters. The number of halogens is 1. The molecule has 0 radical (unpaired) electrons. The highest BCUT2D eigenvalue weighted by Crippen LogP contribution is 2.22. The number of hydrogen-bond donors (Lipinski definition) is 2. The number of nitrogens with zero attached hydrogens (tertiary/aromatic N) is 3. The second-order valence-corrected chi connectivity index (χ2v) is 6.01. The van der Waals surface area contributed by atoms with Gasteiger partial charge in [-0.25, -0.2) is 9.97 Å². The van der Waals surface area contributed by atoms with E-state index in [0.29, 0.717) is 10.2 Å². The number of hydrogen-bond acceptors (Lipinski definition) is 6. The van der Waals surface area contributed by atoms with Crippen molar-refractivity contribution in [3.8, 4) is 6.07 Å². The molecule has 1 atom stereocenters. The monoisotopic (exact) mass is 347 g/mol. The number of carbonyl (C=O) groups excluding carboxylic acids is 1. The Morgan fingerprint density at radius 2 is 2.26 bits per heavy atom. The number of amides is 1. The highest BCUT2D eigenvalue weighted by atomic mass is 35.5. The van der Waals surface area contributed by atoms with Gasteiger partial charge in [-0.3, -0.25) is 4.79 Å². The smallest absolute Gasteiger partial charge is 0.230 e. The molecule has 0 bridgehead atoms. The van der Waals surface area contributed by atoms with Crippen LogP contribution in [-0.2, 0) is 4.79 Å². The van der Waals surface area contributed by atoms with Crippen LogP contribution in [0.1, 0.15) is 24.1 Å². The summed E-state index contributed by atoms with van der Waals surface area (Å²) in [6.07, 6.45) is 1.34. The number of thioether (sulfide) groups is 1. The summed E-state index contributed by atoms with van der Waals surface area (Å²) in [6.45, 7) is 1.86. The predicted octanol–water partition coefficient (Wildman–Crippen LogP) is 2.55. The Kier molecular flexibility index (Phi) is 5.79. The standard InChI is InChI=1S/C15H14ClN5OS/c1-9(11-4-2-3-5-12(11)16)20-13(22)8-23-15-19-7-10(6-17)14(18)21-15/h2-5,7,9H,8H2,1H3,(H,20,22)(H2,18,19,21)/t9-/m1/s1. The predicted molar refractivity (Wildman–Crippen MR) is 89.9 cm³/mol. The normalized spacial score (nSPS) is 11.5. The minimum absolute atomic E-state index is 0.106. The van der Waals surface area contributed by atoms with Gasteiger partial charge in [-0.2, -0.15) is 5.26 Å². The number of nitrogens with one attached hydrogen (secondary N) is 1. The third kappa shape index (κ3) is 4.58. The molecule has 0 fully saturated rings. The molecule has 2 aromatic rings. The fraction of sp³-hybridized carbons (Fsp3) is 0.200. The van der Waals surface area contributed by atoms with Crippen molar-refractivity contribution < 1.29 is 4.79 Å². The summed E-state index contributed by atoms with van der Waals surface area (Å²) in [7, 11) is 0. The number of aromatic nitrogens is 2. The molecule has 23 heavy (non-hydrogen) atoms. The maximum atomic E-state index is 12.0.